The normalized spacial score (nSPS) is 10.2. The Kier molecular flexibility index (Phi) is 4.35. The van der Waals surface area contributed by atoms with E-state index in [0.29, 0.717) is 10.7 Å². The van der Waals surface area contributed by atoms with Crippen molar-refractivity contribution in [3.8, 4) is 0 Å². The van der Waals surface area contributed by atoms with Gasteiger partial charge in [0.25, 0.3) is 0 Å². The van der Waals surface area contributed by atoms with Gasteiger partial charge in [0.15, 0.2) is 0 Å². The third kappa shape index (κ3) is 3.26. The SMILES string of the molecule is O=C(O)c1ccc(C(=O)O)c(Nc2cccc(Cl)c2Cl)c1. The van der Waals surface area contributed by atoms with Crippen LogP contribution in [0.2, 0.25) is 10.0 Å². The summed E-state index contributed by atoms with van der Waals surface area (Å²) in [7, 11) is 0. The molecule has 0 aliphatic rings. The smallest absolute Gasteiger partial charge is 0.337 e. The number of carbonyl (C=O) groups is 2. The van der Waals surface area contributed by atoms with Gasteiger partial charge in [-0.3, -0.25) is 0 Å². The van der Waals surface area contributed by atoms with Crippen molar-refractivity contribution in [1.82, 2.24) is 0 Å². The van der Waals surface area contributed by atoms with Gasteiger partial charge in [0.1, 0.15) is 0 Å². The van der Waals surface area contributed by atoms with E-state index in [1.54, 1.807) is 18.2 Å². The van der Waals surface area contributed by atoms with Gasteiger partial charge in [-0.2, -0.15) is 0 Å². The molecule has 108 valence electrons. The molecule has 0 unspecified atom stereocenters. The molecule has 0 amide bonds. The van der Waals surface area contributed by atoms with Gasteiger partial charge in [-0.05, 0) is 30.3 Å². The van der Waals surface area contributed by atoms with Crippen molar-refractivity contribution in [2.24, 2.45) is 0 Å². The molecule has 2 aromatic carbocycles. The van der Waals surface area contributed by atoms with Crippen LogP contribution < -0.4 is 5.32 Å². The molecule has 0 aliphatic carbocycles. The molecule has 0 aliphatic heterocycles. The lowest BCUT2D eigenvalue weighted by Gasteiger charge is -2.12. The third-order valence-corrected chi connectivity index (χ3v) is 3.54. The van der Waals surface area contributed by atoms with Crippen molar-refractivity contribution in [1.29, 1.82) is 0 Å². The van der Waals surface area contributed by atoms with E-state index in [4.69, 9.17) is 33.4 Å². The second-order valence-electron chi connectivity index (χ2n) is 4.10. The molecule has 0 fully saturated rings. The zero-order valence-electron chi connectivity index (χ0n) is 10.4. The van der Waals surface area contributed by atoms with E-state index in [1.165, 1.54) is 18.2 Å². The van der Waals surface area contributed by atoms with Gasteiger partial charge in [-0.15, -0.1) is 0 Å². The van der Waals surface area contributed by atoms with Crippen LogP contribution in [0.4, 0.5) is 11.4 Å². The predicted octanol–water partition coefficient (Wildman–Crippen LogP) is 4.13. The van der Waals surface area contributed by atoms with E-state index in [1.807, 2.05) is 0 Å². The second-order valence-corrected chi connectivity index (χ2v) is 4.88. The van der Waals surface area contributed by atoms with Gasteiger partial charge >= 0.3 is 11.9 Å². The van der Waals surface area contributed by atoms with E-state index in [9.17, 15) is 9.59 Å². The number of aromatic carboxylic acids is 2. The fourth-order valence-electron chi connectivity index (χ4n) is 1.71. The van der Waals surface area contributed by atoms with Crippen LogP contribution in [-0.2, 0) is 0 Å². The molecule has 0 spiro atoms. The molecular formula is C14H9Cl2NO4. The largest absolute Gasteiger partial charge is 0.478 e. The van der Waals surface area contributed by atoms with Gasteiger partial charge in [0, 0.05) is 0 Å². The monoisotopic (exact) mass is 325 g/mol. The number of nitrogens with one attached hydrogen (secondary N) is 1. The van der Waals surface area contributed by atoms with Crippen LogP contribution in [0.1, 0.15) is 20.7 Å². The Morgan fingerprint density at radius 2 is 1.67 bits per heavy atom. The maximum Gasteiger partial charge on any atom is 0.337 e. The van der Waals surface area contributed by atoms with E-state index >= 15 is 0 Å². The van der Waals surface area contributed by atoms with E-state index in [-0.39, 0.29) is 21.8 Å². The minimum atomic E-state index is -1.19. The molecule has 0 aromatic heterocycles. The van der Waals surface area contributed by atoms with Crippen LogP contribution >= 0.6 is 23.2 Å². The Labute approximate surface area is 129 Å². The molecule has 2 aromatic rings. The Bertz CT molecular complexity index is 731. The molecule has 0 heterocycles. The number of carboxylic acid groups (broad SMARTS) is 2. The fraction of sp³-hybridized carbons (Fsp3) is 0. The number of hydrogen-bond donors (Lipinski definition) is 3. The molecular weight excluding hydrogens is 317 g/mol. The molecule has 5 nitrogen and oxygen atoms in total. The Hall–Kier alpha value is -2.24. The van der Waals surface area contributed by atoms with Crippen molar-refractivity contribution in [3.05, 3.63) is 57.6 Å². The second kappa shape index (κ2) is 6.03. The molecule has 0 atom stereocenters. The lowest BCUT2D eigenvalue weighted by atomic mass is 10.1. The predicted molar refractivity (Wildman–Crippen MR) is 80.1 cm³/mol. The summed E-state index contributed by atoms with van der Waals surface area (Å²) < 4.78 is 0. The summed E-state index contributed by atoms with van der Waals surface area (Å²) >= 11 is 11.9. The standard InChI is InChI=1S/C14H9Cl2NO4/c15-9-2-1-3-10(12(9)16)17-11-6-7(13(18)19)4-5-8(11)14(20)21/h1-6,17H,(H,18,19)(H,20,21). The Morgan fingerprint density at radius 1 is 0.952 bits per heavy atom. The molecule has 21 heavy (non-hydrogen) atoms. The number of halogens is 2. The quantitative estimate of drug-likeness (QED) is 0.786. The number of benzene rings is 2. The van der Waals surface area contributed by atoms with Gasteiger partial charge in [0.05, 0.1) is 32.5 Å². The van der Waals surface area contributed by atoms with Crippen LogP contribution in [0, 0.1) is 0 Å². The molecule has 0 saturated heterocycles. The third-order valence-electron chi connectivity index (χ3n) is 2.72. The average Bonchev–Trinajstić information content (AvgIpc) is 2.43. The zero-order valence-corrected chi connectivity index (χ0v) is 11.9. The molecule has 7 heteroatoms. The number of carboxylic acids is 2. The molecule has 2 rings (SSSR count). The van der Waals surface area contributed by atoms with Crippen LogP contribution in [0.3, 0.4) is 0 Å². The number of hydrogen-bond acceptors (Lipinski definition) is 3. The van der Waals surface area contributed by atoms with Crippen LogP contribution in [0.15, 0.2) is 36.4 Å². The molecule has 0 radical (unpaired) electrons. The maximum absolute atomic E-state index is 11.2. The molecule has 3 N–H and O–H groups in total. The summed E-state index contributed by atoms with van der Waals surface area (Å²) in [5, 5.41) is 21.4. The first-order chi connectivity index (χ1) is 9.90. The van der Waals surface area contributed by atoms with Crippen molar-refractivity contribution in [2.75, 3.05) is 5.32 Å². The van der Waals surface area contributed by atoms with E-state index in [2.05, 4.69) is 5.32 Å². The topological polar surface area (TPSA) is 86.6 Å². The van der Waals surface area contributed by atoms with Gasteiger partial charge in [-0.1, -0.05) is 29.3 Å². The maximum atomic E-state index is 11.2. The summed E-state index contributed by atoms with van der Waals surface area (Å²) in [6.45, 7) is 0. The van der Waals surface area contributed by atoms with E-state index < -0.39 is 11.9 Å². The number of rotatable bonds is 4. The lowest BCUT2D eigenvalue weighted by molar-refractivity contribution is 0.0682. The Balaban J connectivity index is 2.51. The number of anilines is 2. The summed E-state index contributed by atoms with van der Waals surface area (Å²) in [6.07, 6.45) is 0. The van der Waals surface area contributed by atoms with Crippen LogP contribution in [0.5, 0.6) is 0 Å². The van der Waals surface area contributed by atoms with Crippen molar-refractivity contribution < 1.29 is 19.8 Å². The fourth-order valence-corrected chi connectivity index (χ4v) is 2.06. The minimum Gasteiger partial charge on any atom is -0.478 e. The van der Waals surface area contributed by atoms with Gasteiger partial charge in [-0.25, -0.2) is 9.59 Å². The summed E-state index contributed by atoms with van der Waals surface area (Å²) in [5.41, 5.74) is 0.387. The first-order valence-corrected chi connectivity index (χ1v) is 6.47. The van der Waals surface area contributed by atoms with Crippen LogP contribution in [-0.4, -0.2) is 22.2 Å². The first kappa shape index (κ1) is 15.2. The highest BCUT2D eigenvalue weighted by Gasteiger charge is 2.15. The lowest BCUT2D eigenvalue weighted by Crippen LogP contribution is -2.06. The van der Waals surface area contributed by atoms with Crippen LogP contribution in [0.25, 0.3) is 0 Å². The summed E-state index contributed by atoms with van der Waals surface area (Å²) in [6, 6.07) is 8.48. The van der Waals surface area contributed by atoms with Crippen molar-refractivity contribution in [3.63, 3.8) is 0 Å². The van der Waals surface area contributed by atoms with Gasteiger partial charge < -0.3 is 15.5 Å². The minimum absolute atomic E-state index is 0.0411. The zero-order chi connectivity index (χ0) is 15.6. The van der Waals surface area contributed by atoms with Crippen molar-refractivity contribution >= 4 is 46.5 Å². The Morgan fingerprint density at radius 3 is 2.29 bits per heavy atom. The summed E-state index contributed by atoms with van der Waals surface area (Å²) in [5.74, 6) is -2.35. The molecule has 0 saturated carbocycles. The van der Waals surface area contributed by atoms with E-state index in [0.717, 1.165) is 0 Å². The van der Waals surface area contributed by atoms with Gasteiger partial charge in [0.2, 0.25) is 0 Å². The highest BCUT2D eigenvalue weighted by molar-refractivity contribution is 6.43. The first-order valence-electron chi connectivity index (χ1n) is 5.72. The highest BCUT2D eigenvalue weighted by Crippen LogP contribution is 2.33. The highest BCUT2D eigenvalue weighted by atomic mass is 35.5. The summed E-state index contributed by atoms with van der Waals surface area (Å²) in [4.78, 5) is 22.2. The molecule has 0 bridgehead atoms. The average molecular weight is 326 g/mol. The van der Waals surface area contributed by atoms with Crippen molar-refractivity contribution in [2.45, 2.75) is 0 Å².